The highest BCUT2D eigenvalue weighted by Gasteiger charge is 2.42. The summed E-state index contributed by atoms with van der Waals surface area (Å²) in [4.78, 5) is 0. The minimum absolute atomic E-state index is 0.327. The van der Waals surface area contributed by atoms with Crippen molar-refractivity contribution in [2.75, 3.05) is 0 Å². The monoisotopic (exact) mass is 263 g/mol. The van der Waals surface area contributed by atoms with Gasteiger partial charge in [-0.05, 0) is 19.4 Å². The van der Waals surface area contributed by atoms with Gasteiger partial charge in [-0.25, -0.2) is 0 Å². The molecule has 1 nitrogen and oxygen atoms in total. The second kappa shape index (κ2) is 5.78. The summed E-state index contributed by atoms with van der Waals surface area (Å²) in [7, 11) is 0. The van der Waals surface area contributed by atoms with Gasteiger partial charge in [-0.3, -0.25) is 0 Å². The van der Waals surface area contributed by atoms with Gasteiger partial charge in [0.15, 0.2) is 0 Å². The highest BCUT2D eigenvalue weighted by Crippen LogP contribution is 2.34. The minimum atomic E-state index is -4.25. The van der Waals surface area contributed by atoms with Crippen molar-refractivity contribution in [1.29, 1.82) is 0 Å². The van der Waals surface area contributed by atoms with Gasteiger partial charge in [-0.2, -0.15) is 13.2 Å². The van der Waals surface area contributed by atoms with Crippen molar-refractivity contribution in [3.05, 3.63) is 35.4 Å². The SMILES string of the molecule is Cc1cccc(CSC(C(C)N)C(F)(F)F)c1. The molecule has 0 aliphatic heterocycles. The Labute approximate surface area is 104 Å². The Hall–Kier alpha value is -0.680. The van der Waals surface area contributed by atoms with Crippen molar-refractivity contribution in [2.45, 2.75) is 37.1 Å². The molecule has 1 aromatic carbocycles. The fourth-order valence-electron chi connectivity index (χ4n) is 1.53. The van der Waals surface area contributed by atoms with Crippen molar-refractivity contribution in [3.63, 3.8) is 0 Å². The van der Waals surface area contributed by atoms with Gasteiger partial charge in [0.1, 0.15) is 5.25 Å². The largest absolute Gasteiger partial charge is 0.402 e. The first-order valence-electron chi connectivity index (χ1n) is 5.30. The van der Waals surface area contributed by atoms with Crippen molar-refractivity contribution in [1.82, 2.24) is 0 Å². The maximum atomic E-state index is 12.7. The summed E-state index contributed by atoms with van der Waals surface area (Å²) in [6.45, 7) is 3.31. The van der Waals surface area contributed by atoms with Gasteiger partial charge >= 0.3 is 6.18 Å². The first-order valence-corrected chi connectivity index (χ1v) is 6.35. The average molecular weight is 263 g/mol. The number of hydrogen-bond acceptors (Lipinski definition) is 2. The zero-order chi connectivity index (χ0) is 13.1. The van der Waals surface area contributed by atoms with Gasteiger partial charge in [0.05, 0.1) is 0 Å². The van der Waals surface area contributed by atoms with Gasteiger partial charge in [0.2, 0.25) is 0 Å². The second-order valence-electron chi connectivity index (χ2n) is 4.12. The number of hydrogen-bond donors (Lipinski definition) is 1. The number of aryl methyl sites for hydroxylation is 1. The summed E-state index contributed by atoms with van der Waals surface area (Å²) in [6.07, 6.45) is -4.25. The van der Waals surface area contributed by atoms with Crippen LogP contribution in [0.3, 0.4) is 0 Å². The normalized spacial score (nSPS) is 15.6. The third-order valence-electron chi connectivity index (χ3n) is 2.31. The van der Waals surface area contributed by atoms with Crippen LogP contribution in [0, 0.1) is 6.92 Å². The van der Waals surface area contributed by atoms with Crippen LogP contribution in [0.2, 0.25) is 0 Å². The van der Waals surface area contributed by atoms with E-state index in [1.807, 2.05) is 31.2 Å². The molecule has 0 saturated heterocycles. The predicted octanol–water partition coefficient (Wildman–Crippen LogP) is 3.51. The quantitative estimate of drug-likeness (QED) is 0.899. The summed E-state index contributed by atoms with van der Waals surface area (Å²) in [5.41, 5.74) is 7.32. The number of benzene rings is 1. The number of rotatable bonds is 4. The van der Waals surface area contributed by atoms with E-state index in [4.69, 9.17) is 5.73 Å². The van der Waals surface area contributed by atoms with E-state index in [2.05, 4.69) is 0 Å². The van der Waals surface area contributed by atoms with Crippen LogP contribution in [-0.2, 0) is 5.75 Å². The van der Waals surface area contributed by atoms with E-state index in [9.17, 15) is 13.2 Å². The molecule has 0 aromatic heterocycles. The van der Waals surface area contributed by atoms with Crippen LogP contribution in [0.1, 0.15) is 18.1 Å². The lowest BCUT2D eigenvalue weighted by Crippen LogP contribution is -2.40. The lowest BCUT2D eigenvalue weighted by atomic mass is 10.2. The van der Waals surface area contributed by atoms with Crippen LogP contribution in [0.4, 0.5) is 13.2 Å². The molecule has 0 amide bonds. The first-order chi connectivity index (χ1) is 7.80. The zero-order valence-electron chi connectivity index (χ0n) is 9.79. The third kappa shape index (κ3) is 4.60. The number of alkyl halides is 3. The summed E-state index contributed by atoms with van der Waals surface area (Å²) >= 11 is 0.848. The summed E-state index contributed by atoms with van der Waals surface area (Å²) in [6, 6.07) is 6.58. The maximum absolute atomic E-state index is 12.7. The van der Waals surface area contributed by atoms with E-state index in [0.29, 0.717) is 5.75 Å². The third-order valence-corrected chi connectivity index (χ3v) is 3.87. The van der Waals surface area contributed by atoms with Crippen LogP contribution in [0.5, 0.6) is 0 Å². The fourth-order valence-corrected chi connectivity index (χ4v) is 2.58. The highest BCUT2D eigenvalue weighted by molar-refractivity contribution is 7.99. The second-order valence-corrected chi connectivity index (χ2v) is 5.25. The molecule has 0 fully saturated rings. The van der Waals surface area contributed by atoms with E-state index in [1.54, 1.807) is 0 Å². The van der Waals surface area contributed by atoms with Crippen LogP contribution < -0.4 is 5.73 Å². The number of thioether (sulfide) groups is 1. The van der Waals surface area contributed by atoms with Crippen LogP contribution in [0.25, 0.3) is 0 Å². The molecule has 0 heterocycles. The lowest BCUT2D eigenvalue weighted by Gasteiger charge is -2.23. The van der Waals surface area contributed by atoms with Crippen LogP contribution >= 0.6 is 11.8 Å². The Balaban J connectivity index is 2.65. The maximum Gasteiger partial charge on any atom is 0.402 e. The Bertz CT molecular complexity index is 363. The standard InChI is InChI=1S/C12H16F3NS/c1-8-4-3-5-10(6-8)7-17-11(9(2)16)12(13,14)15/h3-6,9,11H,7,16H2,1-2H3. The van der Waals surface area contributed by atoms with Crippen molar-refractivity contribution < 1.29 is 13.2 Å². The summed E-state index contributed by atoms with van der Waals surface area (Å²) < 4.78 is 38.0. The molecule has 5 heteroatoms. The highest BCUT2D eigenvalue weighted by atomic mass is 32.2. The molecular formula is C12H16F3NS. The van der Waals surface area contributed by atoms with Crippen LogP contribution in [-0.4, -0.2) is 17.5 Å². The molecule has 17 heavy (non-hydrogen) atoms. The average Bonchev–Trinajstić information content (AvgIpc) is 2.15. The van der Waals surface area contributed by atoms with Gasteiger partial charge in [0, 0.05) is 11.8 Å². The fraction of sp³-hybridized carbons (Fsp3) is 0.500. The zero-order valence-corrected chi connectivity index (χ0v) is 10.6. The molecule has 1 aromatic rings. The van der Waals surface area contributed by atoms with E-state index < -0.39 is 17.5 Å². The molecule has 96 valence electrons. The van der Waals surface area contributed by atoms with E-state index in [1.165, 1.54) is 6.92 Å². The molecule has 0 aliphatic carbocycles. The molecule has 2 unspecified atom stereocenters. The molecule has 2 atom stereocenters. The molecule has 0 spiro atoms. The molecule has 2 N–H and O–H groups in total. The molecule has 1 rings (SSSR count). The molecule has 0 radical (unpaired) electrons. The lowest BCUT2D eigenvalue weighted by molar-refractivity contribution is -0.131. The van der Waals surface area contributed by atoms with Gasteiger partial charge in [-0.1, -0.05) is 29.8 Å². The van der Waals surface area contributed by atoms with E-state index in [0.717, 1.165) is 22.9 Å². The Morgan fingerprint density at radius 2 is 2.00 bits per heavy atom. The van der Waals surface area contributed by atoms with Gasteiger partial charge in [0.25, 0.3) is 0 Å². The first kappa shape index (κ1) is 14.4. The molecular weight excluding hydrogens is 247 g/mol. The molecule has 0 saturated carbocycles. The Morgan fingerprint density at radius 3 is 2.47 bits per heavy atom. The summed E-state index contributed by atoms with van der Waals surface area (Å²) in [5.74, 6) is 0.327. The van der Waals surface area contributed by atoms with Gasteiger partial charge in [-0.15, -0.1) is 11.8 Å². The topological polar surface area (TPSA) is 26.0 Å². The Kier molecular flexibility index (Phi) is 4.89. The Morgan fingerprint density at radius 1 is 1.35 bits per heavy atom. The number of halogens is 3. The van der Waals surface area contributed by atoms with Crippen molar-refractivity contribution in [2.24, 2.45) is 5.73 Å². The molecule has 0 bridgehead atoms. The minimum Gasteiger partial charge on any atom is -0.327 e. The van der Waals surface area contributed by atoms with E-state index in [-0.39, 0.29) is 0 Å². The van der Waals surface area contributed by atoms with Crippen molar-refractivity contribution in [3.8, 4) is 0 Å². The van der Waals surface area contributed by atoms with Crippen molar-refractivity contribution >= 4 is 11.8 Å². The smallest absolute Gasteiger partial charge is 0.327 e. The number of nitrogens with two attached hydrogens (primary N) is 1. The summed E-state index contributed by atoms with van der Waals surface area (Å²) in [5, 5.41) is -1.51. The van der Waals surface area contributed by atoms with E-state index >= 15 is 0 Å². The van der Waals surface area contributed by atoms with Crippen LogP contribution in [0.15, 0.2) is 24.3 Å². The molecule has 0 aliphatic rings. The predicted molar refractivity (Wildman–Crippen MR) is 66.0 cm³/mol. The van der Waals surface area contributed by atoms with Gasteiger partial charge < -0.3 is 5.73 Å².